The lowest BCUT2D eigenvalue weighted by Crippen LogP contribution is -2.48. The van der Waals surface area contributed by atoms with Gasteiger partial charge in [-0.25, -0.2) is 0 Å². The van der Waals surface area contributed by atoms with Gasteiger partial charge in [-0.3, -0.25) is 10.9 Å². The summed E-state index contributed by atoms with van der Waals surface area (Å²) >= 11 is 10.2. The quantitative estimate of drug-likeness (QED) is 0.365. The number of methoxy groups -OCH3 is 2. The van der Waals surface area contributed by atoms with Gasteiger partial charge in [-0.2, -0.15) is 0 Å². The molecule has 0 saturated carbocycles. The molecule has 1 rings (SSSR count). The molecule has 0 aromatic heterocycles. The Kier molecular flexibility index (Phi) is 7.63. The molecule has 0 amide bonds. The normalized spacial score (nSPS) is 9.50. The second-order valence-corrected chi connectivity index (χ2v) is 4.50. The van der Waals surface area contributed by atoms with Crippen molar-refractivity contribution in [2.75, 3.05) is 32.7 Å². The van der Waals surface area contributed by atoms with Crippen LogP contribution in [0.4, 0.5) is 5.69 Å². The number of hydrazine groups is 1. The Bertz CT molecular complexity index is 440. The first-order chi connectivity index (χ1) is 9.65. The van der Waals surface area contributed by atoms with Crippen molar-refractivity contribution in [3.05, 3.63) is 24.3 Å². The highest BCUT2D eigenvalue weighted by atomic mass is 32.1. The highest BCUT2D eigenvalue weighted by Crippen LogP contribution is 2.14. The molecule has 20 heavy (non-hydrogen) atoms. The van der Waals surface area contributed by atoms with Gasteiger partial charge in [0.25, 0.3) is 0 Å². The van der Waals surface area contributed by atoms with Crippen molar-refractivity contribution >= 4 is 40.3 Å². The Labute approximate surface area is 129 Å². The summed E-state index contributed by atoms with van der Waals surface area (Å²) in [6, 6.07) is 7.41. The molecular weight excluding hydrogens is 296 g/mol. The van der Waals surface area contributed by atoms with Crippen LogP contribution in [0.15, 0.2) is 24.3 Å². The van der Waals surface area contributed by atoms with E-state index in [1.54, 1.807) is 14.2 Å². The van der Waals surface area contributed by atoms with Crippen LogP contribution in [-0.2, 0) is 4.74 Å². The molecule has 0 bridgehead atoms. The van der Waals surface area contributed by atoms with E-state index in [9.17, 15) is 0 Å². The molecule has 1 aromatic carbocycles. The number of hydrogen-bond donors (Lipinski definition) is 4. The third-order valence-corrected chi connectivity index (χ3v) is 2.68. The second kappa shape index (κ2) is 9.29. The van der Waals surface area contributed by atoms with Gasteiger partial charge in [0.2, 0.25) is 0 Å². The van der Waals surface area contributed by atoms with Crippen LogP contribution in [0.5, 0.6) is 5.75 Å². The predicted octanol–water partition coefficient (Wildman–Crippen LogP) is 1.01. The first-order valence-corrected chi connectivity index (χ1v) is 6.71. The van der Waals surface area contributed by atoms with Crippen LogP contribution < -0.4 is 26.2 Å². The van der Waals surface area contributed by atoms with Gasteiger partial charge in [0.1, 0.15) is 5.75 Å². The number of nitrogens with one attached hydrogen (secondary N) is 4. The molecule has 0 radical (unpaired) electrons. The molecule has 0 saturated heterocycles. The van der Waals surface area contributed by atoms with Crippen molar-refractivity contribution in [3.8, 4) is 5.75 Å². The van der Waals surface area contributed by atoms with Crippen LogP contribution in [0.3, 0.4) is 0 Å². The fraction of sp³-hybridized carbons (Fsp3) is 0.333. The number of benzene rings is 1. The third kappa shape index (κ3) is 6.50. The number of rotatable bonds is 5. The van der Waals surface area contributed by atoms with Gasteiger partial charge in [-0.1, -0.05) is 0 Å². The molecule has 0 fully saturated rings. The topological polar surface area (TPSA) is 66.6 Å². The average molecular weight is 314 g/mol. The Morgan fingerprint density at radius 3 is 2.30 bits per heavy atom. The van der Waals surface area contributed by atoms with Gasteiger partial charge >= 0.3 is 0 Å². The molecule has 0 aliphatic rings. The van der Waals surface area contributed by atoms with Gasteiger partial charge in [-0.15, -0.1) is 0 Å². The minimum atomic E-state index is 0.408. The summed E-state index contributed by atoms with van der Waals surface area (Å²) in [5.41, 5.74) is 6.40. The zero-order valence-electron chi connectivity index (χ0n) is 11.4. The van der Waals surface area contributed by atoms with Crippen molar-refractivity contribution in [3.63, 3.8) is 0 Å². The Balaban J connectivity index is 2.27. The van der Waals surface area contributed by atoms with Gasteiger partial charge < -0.3 is 20.1 Å². The average Bonchev–Trinajstić information content (AvgIpc) is 2.46. The van der Waals surface area contributed by atoms with Crippen LogP contribution in [0, 0.1) is 0 Å². The number of anilines is 1. The highest BCUT2D eigenvalue weighted by Gasteiger charge is 1.99. The van der Waals surface area contributed by atoms with Crippen LogP contribution in [0.1, 0.15) is 0 Å². The lowest BCUT2D eigenvalue weighted by Gasteiger charge is -2.14. The third-order valence-electron chi connectivity index (χ3n) is 2.23. The van der Waals surface area contributed by atoms with E-state index < -0.39 is 0 Å². The second-order valence-electron chi connectivity index (χ2n) is 3.68. The molecule has 0 aliphatic carbocycles. The van der Waals surface area contributed by atoms with E-state index in [1.807, 2.05) is 24.3 Å². The fourth-order valence-electron chi connectivity index (χ4n) is 1.26. The van der Waals surface area contributed by atoms with Crippen molar-refractivity contribution < 1.29 is 9.47 Å². The molecule has 4 N–H and O–H groups in total. The minimum Gasteiger partial charge on any atom is -0.497 e. The van der Waals surface area contributed by atoms with E-state index in [4.69, 9.17) is 33.9 Å². The largest absolute Gasteiger partial charge is 0.497 e. The molecule has 8 heteroatoms. The molecule has 0 heterocycles. The van der Waals surface area contributed by atoms with Crippen molar-refractivity contribution in [1.82, 2.24) is 16.2 Å². The Hall–Kier alpha value is -1.64. The summed E-state index contributed by atoms with van der Waals surface area (Å²) < 4.78 is 9.97. The first-order valence-electron chi connectivity index (χ1n) is 5.89. The molecule has 0 spiro atoms. The predicted molar refractivity (Wildman–Crippen MR) is 88.0 cm³/mol. The summed E-state index contributed by atoms with van der Waals surface area (Å²) in [7, 11) is 3.25. The Morgan fingerprint density at radius 2 is 1.70 bits per heavy atom. The van der Waals surface area contributed by atoms with E-state index >= 15 is 0 Å². The number of hydrogen-bond acceptors (Lipinski definition) is 4. The van der Waals surface area contributed by atoms with E-state index in [0.29, 0.717) is 23.4 Å². The highest BCUT2D eigenvalue weighted by molar-refractivity contribution is 7.80. The first kappa shape index (κ1) is 16.4. The fourth-order valence-corrected chi connectivity index (χ4v) is 1.58. The lowest BCUT2D eigenvalue weighted by atomic mass is 10.3. The van der Waals surface area contributed by atoms with E-state index in [0.717, 1.165) is 11.4 Å². The maximum atomic E-state index is 5.12. The van der Waals surface area contributed by atoms with Crippen LogP contribution in [0.25, 0.3) is 0 Å². The van der Waals surface area contributed by atoms with Crippen LogP contribution in [-0.4, -0.2) is 37.6 Å². The van der Waals surface area contributed by atoms with Crippen LogP contribution in [0.2, 0.25) is 0 Å². The standard InChI is InChI=1S/C12H18N4O2S2/c1-17-8-7-13-11(19)15-16-12(20)14-9-3-5-10(18-2)6-4-9/h3-6H,7-8H2,1-2H3,(H2,13,15,19)(H2,14,16,20). The lowest BCUT2D eigenvalue weighted by molar-refractivity contribution is 0.204. The SMILES string of the molecule is COCCNC(=S)NNC(=S)Nc1ccc(OC)cc1. The van der Waals surface area contributed by atoms with Gasteiger partial charge in [0.05, 0.1) is 13.7 Å². The molecule has 0 aliphatic heterocycles. The van der Waals surface area contributed by atoms with Crippen molar-refractivity contribution in [2.45, 2.75) is 0 Å². The maximum absolute atomic E-state index is 5.12. The molecular formula is C12H18N4O2S2. The van der Waals surface area contributed by atoms with E-state index in [2.05, 4.69) is 21.5 Å². The summed E-state index contributed by atoms with van der Waals surface area (Å²) in [5, 5.41) is 6.81. The van der Waals surface area contributed by atoms with Gasteiger partial charge in [0, 0.05) is 19.3 Å². The molecule has 0 atom stereocenters. The molecule has 0 unspecified atom stereocenters. The number of thiocarbonyl (C=S) groups is 2. The molecule has 6 nitrogen and oxygen atoms in total. The minimum absolute atomic E-state index is 0.408. The smallest absolute Gasteiger partial charge is 0.189 e. The zero-order chi connectivity index (χ0) is 14.8. The molecule has 1 aromatic rings. The van der Waals surface area contributed by atoms with E-state index in [1.165, 1.54) is 0 Å². The molecule has 110 valence electrons. The Morgan fingerprint density at radius 1 is 1.05 bits per heavy atom. The zero-order valence-corrected chi connectivity index (χ0v) is 13.0. The summed E-state index contributed by atoms with van der Waals surface area (Å²) in [6.45, 7) is 1.21. The van der Waals surface area contributed by atoms with Crippen LogP contribution >= 0.6 is 24.4 Å². The summed E-state index contributed by atoms with van der Waals surface area (Å²) in [4.78, 5) is 0. The van der Waals surface area contributed by atoms with Crippen molar-refractivity contribution in [2.24, 2.45) is 0 Å². The van der Waals surface area contributed by atoms with Gasteiger partial charge in [-0.05, 0) is 48.7 Å². The summed E-state index contributed by atoms with van der Waals surface area (Å²) in [5.74, 6) is 0.788. The monoisotopic (exact) mass is 314 g/mol. The van der Waals surface area contributed by atoms with E-state index in [-0.39, 0.29) is 0 Å². The van der Waals surface area contributed by atoms with Gasteiger partial charge in [0.15, 0.2) is 10.2 Å². The number of ether oxygens (including phenoxy) is 2. The maximum Gasteiger partial charge on any atom is 0.189 e. The van der Waals surface area contributed by atoms with Crippen molar-refractivity contribution in [1.29, 1.82) is 0 Å². The summed E-state index contributed by atoms with van der Waals surface area (Å²) in [6.07, 6.45) is 0.